The Labute approximate surface area is 270 Å². The van der Waals surface area contributed by atoms with Crippen LogP contribution in [0.5, 0.6) is 5.75 Å². The normalized spacial score (nSPS) is 12.0. The summed E-state index contributed by atoms with van der Waals surface area (Å²) in [6.07, 6.45) is 0.221. The van der Waals surface area contributed by atoms with Crippen molar-refractivity contribution in [3.8, 4) is 5.75 Å². The van der Waals surface area contributed by atoms with Crippen molar-refractivity contribution in [3.05, 3.63) is 125 Å². The monoisotopic (exact) mass is 647 g/mol. The van der Waals surface area contributed by atoms with Crippen LogP contribution in [0.25, 0.3) is 0 Å². The van der Waals surface area contributed by atoms with Crippen LogP contribution >= 0.6 is 11.6 Å². The van der Waals surface area contributed by atoms with Gasteiger partial charge in [-0.3, -0.25) is 13.9 Å². The largest absolute Gasteiger partial charge is 0.497 e. The van der Waals surface area contributed by atoms with Crippen molar-refractivity contribution in [1.82, 2.24) is 10.2 Å². The van der Waals surface area contributed by atoms with Gasteiger partial charge in [0.2, 0.25) is 11.8 Å². The molecule has 10 heteroatoms. The number of carbonyl (C=O) groups excluding carboxylic acids is 2. The summed E-state index contributed by atoms with van der Waals surface area (Å²) in [4.78, 5) is 29.7. The first-order valence-electron chi connectivity index (χ1n) is 14.6. The van der Waals surface area contributed by atoms with Gasteiger partial charge in [0.15, 0.2) is 0 Å². The van der Waals surface area contributed by atoms with Gasteiger partial charge in [-0.2, -0.15) is 0 Å². The third-order valence-electron chi connectivity index (χ3n) is 7.19. The van der Waals surface area contributed by atoms with Gasteiger partial charge < -0.3 is 15.0 Å². The second-order valence-corrected chi connectivity index (χ2v) is 13.3. The number of aryl methyl sites for hydroxylation is 1. The summed E-state index contributed by atoms with van der Waals surface area (Å²) in [6, 6.07) is 28.2. The molecule has 4 rings (SSSR count). The number of carbonyl (C=O) groups is 2. The lowest BCUT2D eigenvalue weighted by molar-refractivity contribution is -0.140. The lowest BCUT2D eigenvalue weighted by Crippen LogP contribution is -2.54. The zero-order chi connectivity index (χ0) is 32.6. The Bertz CT molecular complexity index is 1700. The van der Waals surface area contributed by atoms with Crippen molar-refractivity contribution >= 4 is 39.1 Å². The number of nitrogens with zero attached hydrogens (tertiary/aromatic N) is 2. The van der Waals surface area contributed by atoms with Crippen molar-refractivity contribution in [2.24, 2.45) is 0 Å². The molecule has 0 heterocycles. The van der Waals surface area contributed by atoms with Crippen LogP contribution < -0.4 is 14.4 Å². The van der Waals surface area contributed by atoms with Gasteiger partial charge in [-0.25, -0.2) is 8.42 Å². The molecular formula is C35H38ClN3O5S. The Morgan fingerprint density at radius 1 is 0.867 bits per heavy atom. The number of rotatable bonds is 13. The highest BCUT2D eigenvalue weighted by atomic mass is 35.5. The minimum Gasteiger partial charge on any atom is -0.497 e. The number of methoxy groups -OCH3 is 1. The Hall–Kier alpha value is -4.34. The van der Waals surface area contributed by atoms with Gasteiger partial charge in [0, 0.05) is 24.0 Å². The van der Waals surface area contributed by atoms with Crippen LogP contribution in [0.15, 0.2) is 108 Å². The van der Waals surface area contributed by atoms with E-state index in [2.05, 4.69) is 5.32 Å². The second-order valence-electron chi connectivity index (χ2n) is 11.0. The fourth-order valence-corrected chi connectivity index (χ4v) is 6.51. The van der Waals surface area contributed by atoms with Crippen molar-refractivity contribution in [1.29, 1.82) is 0 Å². The van der Waals surface area contributed by atoms with E-state index in [0.717, 1.165) is 15.4 Å². The van der Waals surface area contributed by atoms with Crippen LogP contribution in [-0.4, -0.2) is 50.9 Å². The molecule has 4 aromatic rings. The third-order valence-corrected chi connectivity index (χ3v) is 9.22. The van der Waals surface area contributed by atoms with Gasteiger partial charge in [0.05, 0.1) is 17.7 Å². The Morgan fingerprint density at radius 3 is 2.11 bits per heavy atom. The van der Waals surface area contributed by atoms with E-state index in [9.17, 15) is 18.0 Å². The zero-order valence-electron chi connectivity index (χ0n) is 25.8. The fourth-order valence-electron chi connectivity index (χ4n) is 4.88. The Morgan fingerprint density at radius 2 is 1.51 bits per heavy atom. The van der Waals surface area contributed by atoms with E-state index < -0.39 is 28.5 Å². The number of sulfonamides is 1. The van der Waals surface area contributed by atoms with Crippen LogP contribution in [0.4, 0.5) is 5.69 Å². The van der Waals surface area contributed by atoms with E-state index in [1.54, 1.807) is 54.6 Å². The number of hydrogen-bond acceptors (Lipinski definition) is 5. The predicted octanol–water partition coefficient (Wildman–Crippen LogP) is 6.02. The standard InChI is InChI=1S/C35H38ClN3O5S/c1-25(2)37-35(41)33(22-27-9-6-5-7-10-27)38(23-28-11-8-12-29(36)21-28)34(40)24-39(30-15-17-31(44-4)18-16-30)45(42,43)32-19-13-26(3)14-20-32/h5-21,25,33H,22-24H2,1-4H3,(H,37,41)/t33-/m1/s1. The van der Waals surface area contributed by atoms with E-state index in [-0.39, 0.29) is 35.5 Å². The molecule has 0 radical (unpaired) electrons. The molecule has 1 N–H and O–H groups in total. The average Bonchev–Trinajstić information content (AvgIpc) is 3.02. The van der Waals surface area contributed by atoms with E-state index in [1.165, 1.54) is 24.1 Å². The summed E-state index contributed by atoms with van der Waals surface area (Å²) >= 11 is 6.30. The zero-order valence-corrected chi connectivity index (χ0v) is 27.4. The lowest BCUT2D eigenvalue weighted by Gasteiger charge is -2.34. The van der Waals surface area contributed by atoms with Gasteiger partial charge in [-0.05, 0) is 80.4 Å². The Kier molecular flexibility index (Phi) is 11.3. The molecule has 0 saturated carbocycles. The predicted molar refractivity (Wildman–Crippen MR) is 178 cm³/mol. The second kappa shape index (κ2) is 15.1. The molecule has 0 fully saturated rings. The molecule has 0 aliphatic rings. The van der Waals surface area contributed by atoms with Crippen molar-refractivity contribution in [2.45, 2.75) is 50.7 Å². The highest BCUT2D eigenvalue weighted by molar-refractivity contribution is 7.92. The average molecular weight is 648 g/mol. The van der Waals surface area contributed by atoms with Crippen molar-refractivity contribution in [3.63, 3.8) is 0 Å². The Balaban J connectivity index is 1.81. The van der Waals surface area contributed by atoms with Gasteiger partial charge >= 0.3 is 0 Å². The number of hydrogen-bond donors (Lipinski definition) is 1. The molecule has 4 aromatic carbocycles. The van der Waals surface area contributed by atoms with E-state index in [0.29, 0.717) is 16.3 Å². The number of amides is 2. The first-order valence-corrected chi connectivity index (χ1v) is 16.4. The molecule has 0 aliphatic carbocycles. The van der Waals surface area contributed by atoms with E-state index in [1.807, 2.05) is 57.2 Å². The van der Waals surface area contributed by atoms with Gasteiger partial charge in [-0.1, -0.05) is 71.8 Å². The minimum atomic E-state index is -4.20. The smallest absolute Gasteiger partial charge is 0.264 e. The first kappa shape index (κ1) is 33.6. The maximum absolute atomic E-state index is 14.5. The molecule has 0 aliphatic heterocycles. The summed E-state index contributed by atoms with van der Waals surface area (Å²) in [6.45, 7) is 5.04. The molecule has 0 saturated heterocycles. The summed E-state index contributed by atoms with van der Waals surface area (Å²) < 4.78 is 34.6. The molecule has 8 nitrogen and oxygen atoms in total. The fraction of sp³-hybridized carbons (Fsp3) is 0.257. The SMILES string of the molecule is COc1ccc(N(CC(=O)N(Cc2cccc(Cl)c2)[C@H](Cc2ccccc2)C(=O)NC(C)C)S(=O)(=O)c2ccc(C)cc2)cc1. The van der Waals surface area contributed by atoms with E-state index in [4.69, 9.17) is 16.3 Å². The number of halogens is 1. The van der Waals surface area contributed by atoms with Gasteiger partial charge in [0.25, 0.3) is 10.0 Å². The number of nitrogens with one attached hydrogen (secondary N) is 1. The molecule has 45 heavy (non-hydrogen) atoms. The highest BCUT2D eigenvalue weighted by Crippen LogP contribution is 2.27. The molecule has 0 aromatic heterocycles. The molecule has 0 spiro atoms. The number of ether oxygens (including phenoxy) is 1. The summed E-state index contributed by atoms with van der Waals surface area (Å²) in [7, 11) is -2.68. The summed E-state index contributed by atoms with van der Waals surface area (Å²) in [5, 5.41) is 3.43. The molecule has 0 bridgehead atoms. The highest BCUT2D eigenvalue weighted by Gasteiger charge is 2.35. The first-order chi connectivity index (χ1) is 21.5. The molecule has 1 atom stereocenters. The van der Waals surface area contributed by atoms with Crippen LogP contribution in [0.2, 0.25) is 5.02 Å². The molecule has 0 unspecified atom stereocenters. The maximum atomic E-state index is 14.5. The molecular weight excluding hydrogens is 610 g/mol. The molecule has 2 amide bonds. The third kappa shape index (κ3) is 8.86. The van der Waals surface area contributed by atoms with Crippen LogP contribution in [0.3, 0.4) is 0 Å². The van der Waals surface area contributed by atoms with Crippen molar-refractivity contribution in [2.75, 3.05) is 18.0 Å². The minimum absolute atomic E-state index is 0.0312. The quantitative estimate of drug-likeness (QED) is 0.192. The topological polar surface area (TPSA) is 96.0 Å². The summed E-state index contributed by atoms with van der Waals surface area (Å²) in [5.74, 6) is -0.364. The van der Waals surface area contributed by atoms with Gasteiger partial charge in [0.1, 0.15) is 18.3 Å². The number of anilines is 1. The maximum Gasteiger partial charge on any atom is 0.264 e. The lowest BCUT2D eigenvalue weighted by atomic mass is 10.0. The number of benzene rings is 4. The van der Waals surface area contributed by atoms with E-state index >= 15 is 0 Å². The molecule has 236 valence electrons. The van der Waals surface area contributed by atoms with Crippen molar-refractivity contribution < 1.29 is 22.7 Å². The van der Waals surface area contributed by atoms with Crippen LogP contribution in [0, 0.1) is 6.92 Å². The summed E-state index contributed by atoms with van der Waals surface area (Å²) in [5.41, 5.74) is 2.72. The van der Waals surface area contributed by atoms with Crippen LogP contribution in [-0.2, 0) is 32.6 Å². The van der Waals surface area contributed by atoms with Crippen LogP contribution in [0.1, 0.15) is 30.5 Å². The van der Waals surface area contributed by atoms with Gasteiger partial charge in [-0.15, -0.1) is 0 Å².